The average Bonchev–Trinajstić information content (AvgIpc) is 2.18. The minimum Gasteiger partial charge on any atom is -0.362 e. The number of nitro groups is 1. The molecule has 0 spiro atoms. The fourth-order valence-electron chi connectivity index (χ4n) is 1.05. The molecule has 0 fully saturated rings. The standard InChI is InChI=1S/C9H11NO4/c1-2-9(11,12)7-3-5-8(6-4-7)10(13)14/h3-6,11-12H,2H2,1H3. The van der Waals surface area contributed by atoms with E-state index in [1.807, 2.05) is 0 Å². The van der Waals surface area contributed by atoms with E-state index >= 15 is 0 Å². The van der Waals surface area contributed by atoms with Crippen molar-refractivity contribution in [3.8, 4) is 0 Å². The van der Waals surface area contributed by atoms with Gasteiger partial charge in [0, 0.05) is 24.1 Å². The first-order chi connectivity index (χ1) is 6.47. The Morgan fingerprint density at radius 1 is 1.36 bits per heavy atom. The zero-order valence-corrected chi connectivity index (χ0v) is 7.67. The van der Waals surface area contributed by atoms with Gasteiger partial charge in [-0.05, 0) is 12.1 Å². The van der Waals surface area contributed by atoms with Crippen LogP contribution in [0.3, 0.4) is 0 Å². The summed E-state index contributed by atoms with van der Waals surface area (Å²) in [5.74, 6) is -1.91. The van der Waals surface area contributed by atoms with Gasteiger partial charge in [-0.1, -0.05) is 6.92 Å². The maximum absolute atomic E-state index is 10.3. The molecule has 0 saturated carbocycles. The maximum Gasteiger partial charge on any atom is 0.269 e. The first-order valence-electron chi connectivity index (χ1n) is 4.17. The second-order valence-corrected chi connectivity index (χ2v) is 2.97. The summed E-state index contributed by atoms with van der Waals surface area (Å²) in [7, 11) is 0. The Kier molecular flexibility index (Phi) is 2.83. The van der Waals surface area contributed by atoms with Crippen LogP contribution in [0.25, 0.3) is 0 Å². The molecular weight excluding hydrogens is 186 g/mol. The molecule has 0 aliphatic heterocycles. The van der Waals surface area contributed by atoms with Crippen molar-refractivity contribution in [1.82, 2.24) is 0 Å². The highest BCUT2D eigenvalue weighted by Crippen LogP contribution is 2.23. The van der Waals surface area contributed by atoms with Crippen molar-refractivity contribution in [2.45, 2.75) is 19.1 Å². The summed E-state index contributed by atoms with van der Waals surface area (Å²) in [6.45, 7) is 1.61. The largest absolute Gasteiger partial charge is 0.362 e. The van der Waals surface area contributed by atoms with Gasteiger partial charge in [0.1, 0.15) is 0 Å². The fourth-order valence-corrected chi connectivity index (χ4v) is 1.05. The zero-order chi connectivity index (χ0) is 10.8. The third kappa shape index (κ3) is 2.07. The molecular formula is C9H11NO4. The molecule has 0 radical (unpaired) electrons. The molecule has 0 aliphatic carbocycles. The number of rotatable bonds is 3. The van der Waals surface area contributed by atoms with E-state index in [2.05, 4.69) is 0 Å². The fraction of sp³-hybridized carbons (Fsp3) is 0.333. The summed E-state index contributed by atoms with van der Waals surface area (Å²) in [6, 6.07) is 5.15. The molecule has 0 heterocycles. The van der Waals surface area contributed by atoms with Crippen molar-refractivity contribution in [1.29, 1.82) is 0 Å². The van der Waals surface area contributed by atoms with Gasteiger partial charge in [0.25, 0.3) is 5.69 Å². The smallest absolute Gasteiger partial charge is 0.269 e. The molecule has 5 heteroatoms. The Labute approximate surface area is 80.8 Å². The van der Waals surface area contributed by atoms with Crippen molar-refractivity contribution in [3.05, 3.63) is 39.9 Å². The van der Waals surface area contributed by atoms with Gasteiger partial charge in [-0.3, -0.25) is 10.1 Å². The van der Waals surface area contributed by atoms with Crippen molar-refractivity contribution in [3.63, 3.8) is 0 Å². The second-order valence-electron chi connectivity index (χ2n) is 2.97. The summed E-state index contributed by atoms with van der Waals surface area (Å²) >= 11 is 0. The molecule has 14 heavy (non-hydrogen) atoms. The highest BCUT2D eigenvalue weighted by atomic mass is 16.6. The molecule has 0 atom stereocenters. The van der Waals surface area contributed by atoms with Gasteiger partial charge in [-0.25, -0.2) is 0 Å². The Morgan fingerprint density at radius 2 is 1.86 bits per heavy atom. The van der Waals surface area contributed by atoms with Crippen molar-refractivity contribution in [2.75, 3.05) is 0 Å². The molecule has 0 saturated heterocycles. The molecule has 1 aromatic rings. The van der Waals surface area contributed by atoms with Crippen LogP contribution in [-0.4, -0.2) is 15.1 Å². The van der Waals surface area contributed by atoms with Crippen molar-refractivity contribution < 1.29 is 15.1 Å². The lowest BCUT2D eigenvalue weighted by Gasteiger charge is -2.19. The van der Waals surface area contributed by atoms with Gasteiger partial charge >= 0.3 is 0 Å². The first-order valence-corrected chi connectivity index (χ1v) is 4.17. The molecule has 5 nitrogen and oxygen atoms in total. The van der Waals surface area contributed by atoms with E-state index in [-0.39, 0.29) is 17.7 Å². The van der Waals surface area contributed by atoms with Crippen LogP contribution in [0.4, 0.5) is 5.69 Å². The van der Waals surface area contributed by atoms with Gasteiger partial charge in [-0.2, -0.15) is 0 Å². The van der Waals surface area contributed by atoms with Crippen LogP contribution in [0.15, 0.2) is 24.3 Å². The summed E-state index contributed by atoms with van der Waals surface area (Å²) in [5.41, 5.74) is 0.186. The normalized spacial score (nSPS) is 11.4. The van der Waals surface area contributed by atoms with Gasteiger partial charge < -0.3 is 10.2 Å². The monoisotopic (exact) mass is 197 g/mol. The third-order valence-corrected chi connectivity index (χ3v) is 2.03. The Bertz CT molecular complexity index is 331. The van der Waals surface area contributed by atoms with Gasteiger partial charge in [-0.15, -0.1) is 0 Å². The van der Waals surface area contributed by atoms with Crippen LogP contribution in [0.1, 0.15) is 18.9 Å². The number of benzene rings is 1. The van der Waals surface area contributed by atoms with Crippen LogP contribution in [0, 0.1) is 10.1 Å². The lowest BCUT2D eigenvalue weighted by Crippen LogP contribution is -2.23. The number of hydrogen-bond donors (Lipinski definition) is 2. The molecule has 2 N–H and O–H groups in total. The van der Waals surface area contributed by atoms with Gasteiger partial charge in [0.2, 0.25) is 0 Å². The van der Waals surface area contributed by atoms with Gasteiger partial charge in [0.15, 0.2) is 5.79 Å². The molecule has 1 rings (SSSR count). The number of hydrogen-bond acceptors (Lipinski definition) is 4. The van der Waals surface area contributed by atoms with Gasteiger partial charge in [0.05, 0.1) is 4.92 Å². The number of aliphatic hydroxyl groups is 2. The quantitative estimate of drug-likeness (QED) is 0.432. The lowest BCUT2D eigenvalue weighted by molar-refractivity contribution is -0.384. The first kappa shape index (κ1) is 10.6. The minimum absolute atomic E-state index is 0.0688. The minimum atomic E-state index is -1.91. The SMILES string of the molecule is CCC(O)(O)c1ccc([N+](=O)[O-])cc1. The van der Waals surface area contributed by atoms with E-state index in [0.717, 1.165) is 0 Å². The van der Waals surface area contributed by atoms with Crippen LogP contribution in [0.2, 0.25) is 0 Å². The van der Waals surface area contributed by atoms with Crippen molar-refractivity contribution >= 4 is 5.69 Å². The Balaban J connectivity index is 2.99. The lowest BCUT2D eigenvalue weighted by atomic mass is 10.0. The topological polar surface area (TPSA) is 83.6 Å². The van der Waals surface area contributed by atoms with E-state index in [0.29, 0.717) is 0 Å². The maximum atomic E-state index is 10.3. The Morgan fingerprint density at radius 3 is 2.21 bits per heavy atom. The van der Waals surface area contributed by atoms with Crippen LogP contribution < -0.4 is 0 Å². The molecule has 0 aromatic heterocycles. The average molecular weight is 197 g/mol. The molecule has 1 aromatic carbocycles. The summed E-state index contributed by atoms with van der Waals surface area (Å²) in [6.07, 6.45) is 0.130. The molecule has 76 valence electrons. The van der Waals surface area contributed by atoms with E-state index in [9.17, 15) is 20.3 Å². The van der Waals surface area contributed by atoms with E-state index < -0.39 is 10.7 Å². The third-order valence-electron chi connectivity index (χ3n) is 2.03. The zero-order valence-electron chi connectivity index (χ0n) is 7.67. The summed E-state index contributed by atoms with van der Waals surface area (Å²) < 4.78 is 0. The molecule has 0 unspecified atom stereocenters. The van der Waals surface area contributed by atoms with E-state index in [1.165, 1.54) is 24.3 Å². The Hall–Kier alpha value is -1.46. The van der Waals surface area contributed by atoms with Crippen LogP contribution >= 0.6 is 0 Å². The highest BCUT2D eigenvalue weighted by molar-refractivity contribution is 5.34. The second kappa shape index (κ2) is 3.73. The number of nitro benzene ring substituents is 1. The number of non-ortho nitro benzene ring substituents is 1. The summed E-state index contributed by atoms with van der Waals surface area (Å²) in [4.78, 5) is 9.78. The van der Waals surface area contributed by atoms with Crippen LogP contribution in [-0.2, 0) is 5.79 Å². The van der Waals surface area contributed by atoms with Crippen molar-refractivity contribution in [2.24, 2.45) is 0 Å². The molecule has 0 bridgehead atoms. The molecule has 0 aliphatic rings. The number of nitrogens with zero attached hydrogens (tertiary/aromatic N) is 1. The summed E-state index contributed by atoms with van der Waals surface area (Å²) in [5, 5.41) is 29.1. The van der Waals surface area contributed by atoms with Crippen LogP contribution in [0.5, 0.6) is 0 Å². The van der Waals surface area contributed by atoms with E-state index in [4.69, 9.17) is 0 Å². The van der Waals surface area contributed by atoms with E-state index in [1.54, 1.807) is 6.92 Å². The highest BCUT2D eigenvalue weighted by Gasteiger charge is 2.23. The predicted molar refractivity (Wildman–Crippen MR) is 49.5 cm³/mol. The molecule has 0 amide bonds. The predicted octanol–water partition coefficient (Wildman–Crippen LogP) is 1.14.